The van der Waals surface area contributed by atoms with Crippen LogP contribution in [0.25, 0.3) is 0 Å². The Bertz CT molecular complexity index is 183. The van der Waals surface area contributed by atoms with Gasteiger partial charge in [0.25, 0.3) is 5.97 Å². The average molecular weight is 203 g/mol. The van der Waals surface area contributed by atoms with Crippen LogP contribution < -0.4 is 5.32 Å². The van der Waals surface area contributed by atoms with Gasteiger partial charge < -0.3 is 15.2 Å². The van der Waals surface area contributed by atoms with Gasteiger partial charge in [0.1, 0.15) is 0 Å². The molecule has 1 saturated heterocycles. The molecule has 0 saturated carbocycles. The van der Waals surface area contributed by atoms with Gasteiger partial charge in [-0.2, -0.15) is 0 Å². The summed E-state index contributed by atoms with van der Waals surface area (Å²) in [5, 5.41) is 10.6. The SMILES string of the molecule is CC(=O)O.COC(=O)CC1CCNC1. The monoisotopic (exact) mass is 203 g/mol. The summed E-state index contributed by atoms with van der Waals surface area (Å²) in [4.78, 5) is 19.7. The zero-order chi connectivity index (χ0) is 11.0. The van der Waals surface area contributed by atoms with E-state index >= 15 is 0 Å². The summed E-state index contributed by atoms with van der Waals surface area (Å²) in [7, 11) is 1.44. The van der Waals surface area contributed by atoms with Crippen LogP contribution in [0.5, 0.6) is 0 Å². The quantitative estimate of drug-likeness (QED) is 0.629. The highest BCUT2D eigenvalue weighted by atomic mass is 16.5. The number of nitrogens with one attached hydrogen (secondary N) is 1. The third kappa shape index (κ3) is 7.54. The van der Waals surface area contributed by atoms with Gasteiger partial charge in [-0.25, -0.2) is 0 Å². The third-order valence-electron chi connectivity index (χ3n) is 1.85. The van der Waals surface area contributed by atoms with Crippen LogP contribution in [0.3, 0.4) is 0 Å². The van der Waals surface area contributed by atoms with Crippen molar-refractivity contribution in [3.05, 3.63) is 0 Å². The second kappa shape index (κ2) is 7.32. The largest absolute Gasteiger partial charge is 0.481 e. The highest BCUT2D eigenvalue weighted by Crippen LogP contribution is 2.11. The molecular weight excluding hydrogens is 186 g/mol. The number of ether oxygens (including phenoxy) is 1. The van der Waals surface area contributed by atoms with E-state index in [0.29, 0.717) is 12.3 Å². The van der Waals surface area contributed by atoms with Gasteiger partial charge in [0.2, 0.25) is 0 Å². The van der Waals surface area contributed by atoms with E-state index in [0.717, 1.165) is 26.4 Å². The minimum Gasteiger partial charge on any atom is -0.481 e. The van der Waals surface area contributed by atoms with Crippen LogP contribution >= 0.6 is 0 Å². The van der Waals surface area contributed by atoms with Crippen molar-refractivity contribution in [2.75, 3.05) is 20.2 Å². The summed E-state index contributed by atoms with van der Waals surface area (Å²) < 4.78 is 4.55. The maximum absolute atomic E-state index is 10.7. The molecule has 1 aliphatic heterocycles. The Morgan fingerprint density at radius 2 is 2.14 bits per heavy atom. The average Bonchev–Trinajstić information content (AvgIpc) is 2.55. The van der Waals surface area contributed by atoms with Crippen molar-refractivity contribution in [3.8, 4) is 0 Å². The fraction of sp³-hybridized carbons (Fsp3) is 0.778. The Morgan fingerprint density at radius 1 is 1.57 bits per heavy atom. The Kier molecular flexibility index (Phi) is 6.74. The molecule has 2 N–H and O–H groups in total. The lowest BCUT2D eigenvalue weighted by Gasteiger charge is -2.04. The number of rotatable bonds is 2. The molecule has 0 radical (unpaired) electrons. The molecule has 0 bridgehead atoms. The molecule has 0 aromatic carbocycles. The topological polar surface area (TPSA) is 75.6 Å². The molecule has 1 aliphatic rings. The van der Waals surface area contributed by atoms with Crippen molar-refractivity contribution in [2.45, 2.75) is 19.8 Å². The Morgan fingerprint density at radius 3 is 2.50 bits per heavy atom. The zero-order valence-electron chi connectivity index (χ0n) is 8.58. The maximum Gasteiger partial charge on any atom is 0.305 e. The normalized spacial score (nSPS) is 19.4. The summed E-state index contributed by atoms with van der Waals surface area (Å²) in [6.07, 6.45) is 1.68. The summed E-state index contributed by atoms with van der Waals surface area (Å²) >= 11 is 0. The van der Waals surface area contributed by atoms with Crippen LogP contribution in [-0.4, -0.2) is 37.2 Å². The van der Waals surface area contributed by atoms with Crippen LogP contribution in [0, 0.1) is 5.92 Å². The fourth-order valence-electron chi connectivity index (χ4n) is 1.21. The van der Waals surface area contributed by atoms with Crippen molar-refractivity contribution >= 4 is 11.9 Å². The van der Waals surface area contributed by atoms with E-state index in [2.05, 4.69) is 10.1 Å². The first kappa shape index (κ1) is 12.9. The van der Waals surface area contributed by atoms with Gasteiger partial charge in [0, 0.05) is 13.3 Å². The van der Waals surface area contributed by atoms with Crippen molar-refractivity contribution in [1.82, 2.24) is 5.32 Å². The Labute approximate surface area is 83.4 Å². The fourth-order valence-corrected chi connectivity index (χ4v) is 1.21. The van der Waals surface area contributed by atoms with Crippen LogP contribution in [0.4, 0.5) is 0 Å². The van der Waals surface area contributed by atoms with Gasteiger partial charge in [-0.05, 0) is 25.4 Å². The van der Waals surface area contributed by atoms with Gasteiger partial charge in [-0.1, -0.05) is 0 Å². The third-order valence-corrected chi connectivity index (χ3v) is 1.85. The molecule has 14 heavy (non-hydrogen) atoms. The lowest BCUT2D eigenvalue weighted by Crippen LogP contribution is -2.13. The lowest BCUT2D eigenvalue weighted by atomic mass is 10.1. The first-order valence-electron chi connectivity index (χ1n) is 4.53. The molecule has 0 aromatic heterocycles. The molecule has 5 nitrogen and oxygen atoms in total. The molecule has 0 aliphatic carbocycles. The Balaban J connectivity index is 0.000000364. The van der Waals surface area contributed by atoms with E-state index in [-0.39, 0.29) is 5.97 Å². The number of methoxy groups -OCH3 is 1. The minimum absolute atomic E-state index is 0.0892. The number of aliphatic carboxylic acids is 1. The standard InChI is InChI=1S/C7H13NO2.C2H4O2/c1-10-7(9)4-6-2-3-8-5-6;1-2(3)4/h6,8H,2-5H2,1H3;1H3,(H,3,4). The molecule has 1 rings (SSSR count). The number of carboxylic acid groups (broad SMARTS) is 1. The van der Waals surface area contributed by atoms with Crippen LogP contribution in [0.2, 0.25) is 0 Å². The van der Waals surface area contributed by atoms with Gasteiger partial charge in [0.05, 0.1) is 7.11 Å². The predicted octanol–water partition coefficient (Wildman–Crippen LogP) is 0.250. The summed E-state index contributed by atoms with van der Waals surface area (Å²) in [5.74, 6) is -0.416. The first-order chi connectivity index (χ1) is 6.56. The highest BCUT2D eigenvalue weighted by molar-refractivity contribution is 5.69. The molecule has 82 valence electrons. The molecular formula is C9H17NO4. The van der Waals surface area contributed by atoms with E-state index in [1.54, 1.807) is 0 Å². The number of carbonyl (C=O) groups excluding carboxylic acids is 1. The van der Waals surface area contributed by atoms with E-state index in [1.807, 2.05) is 0 Å². The number of hydrogen-bond donors (Lipinski definition) is 2. The first-order valence-corrected chi connectivity index (χ1v) is 4.53. The number of hydrogen-bond acceptors (Lipinski definition) is 4. The number of esters is 1. The van der Waals surface area contributed by atoms with E-state index in [9.17, 15) is 4.79 Å². The summed E-state index contributed by atoms with van der Waals surface area (Å²) in [6, 6.07) is 0. The van der Waals surface area contributed by atoms with Gasteiger partial charge in [-0.15, -0.1) is 0 Å². The van der Waals surface area contributed by atoms with E-state index in [1.165, 1.54) is 7.11 Å². The van der Waals surface area contributed by atoms with Crippen molar-refractivity contribution in [2.24, 2.45) is 5.92 Å². The van der Waals surface area contributed by atoms with Crippen molar-refractivity contribution in [3.63, 3.8) is 0 Å². The number of carbonyl (C=O) groups is 2. The smallest absolute Gasteiger partial charge is 0.305 e. The predicted molar refractivity (Wildman–Crippen MR) is 50.9 cm³/mol. The second-order valence-corrected chi connectivity index (χ2v) is 3.16. The molecule has 1 unspecified atom stereocenters. The number of carboxylic acids is 1. The molecule has 0 aromatic rings. The summed E-state index contributed by atoms with van der Waals surface area (Å²) in [6.45, 7) is 3.09. The van der Waals surface area contributed by atoms with Crippen LogP contribution in [0.15, 0.2) is 0 Å². The van der Waals surface area contributed by atoms with Gasteiger partial charge >= 0.3 is 5.97 Å². The summed E-state index contributed by atoms with van der Waals surface area (Å²) in [5.41, 5.74) is 0. The molecule has 0 spiro atoms. The maximum atomic E-state index is 10.7. The minimum atomic E-state index is -0.833. The van der Waals surface area contributed by atoms with E-state index in [4.69, 9.17) is 9.90 Å². The van der Waals surface area contributed by atoms with Gasteiger partial charge in [0.15, 0.2) is 0 Å². The van der Waals surface area contributed by atoms with E-state index < -0.39 is 5.97 Å². The Hall–Kier alpha value is -1.10. The lowest BCUT2D eigenvalue weighted by molar-refractivity contribution is -0.141. The zero-order valence-corrected chi connectivity index (χ0v) is 8.58. The van der Waals surface area contributed by atoms with Crippen molar-refractivity contribution < 1.29 is 19.4 Å². The molecule has 1 atom stereocenters. The molecule has 5 heteroatoms. The molecule has 1 fully saturated rings. The molecule has 0 amide bonds. The van der Waals surface area contributed by atoms with Crippen LogP contribution in [0.1, 0.15) is 19.8 Å². The second-order valence-electron chi connectivity index (χ2n) is 3.16. The molecule has 1 heterocycles. The van der Waals surface area contributed by atoms with Gasteiger partial charge in [-0.3, -0.25) is 9.59 Å². The van der Waals surface area contributed by atoms with Crippen molar-refractivity contribution in [1.29, 1.82) is 0 Å². The highest BCUT2D eigenvalue weighted by Gasteiger charge is 2.17. The van der Waals surface area contributed by atoms with Crippen LogP contribution in [-0.2, 0) is 14.3 Å².